The van der Waals surface area contributed by atoms with Gasteiger partial charge in [0.15, 0.2) is 6.61 Å². The number of aromatic nitrogens is 1. The summed E-state index contributed by atoms with van der Waals surface area (Å²) in [5, 5.41) is 2.75. The maximum atomic E-state index is 12.8. The Balaban J connectivity index is 1.79. The van der Waals surface area contributed by atoms with Gasteiger partial charge in [0.1, 0.15) is 11.0 Å². The molecular weight excluding hydrogens is 365 g/mol. The number of nitrogens with one attached hydrogen (secondary N) is 1. The number of anilines is 1. The molecule has 1 heterocycles. The van der Waals surface area contributed by atoms with Gasteiger partial charge < -0.3 is 15.0 Å². The van der Waals surface area contributed by atoms with Crippen LogP contribution < -0.4 is 5.32 Å². The number of hydrogen-bond acceptors (Lipinski definition) is 5. The van der Waals surface area contributed by atoms with Crippen LogP contribution >= 0.6 is 11.6 Å². The molecular formula is C17H15ClFN3O4. The lowest BCUT2D eigenvalue weighted by molar-refractivity contribution is -0.136. The van der Waals surface area contributed by atoms with Gasteiger partial charge >= 0.3 is 5.97 Å². The first-order chi connectivity index (χ1) is 12.3. The Morgan fingerprint density at radius 3 is 2.50 bits per heavy atom. The lowest BCUT2D eigenvalue weighted by atomic mass is 10.3. The van der Waals surface area contributed by atoms with Gasteiger partial charge in [-0.25, -0.2) is 14.2 Å². The third-order valence-electron chi connectivity index (χ3n) is 3.22. The number of amides is 2. The van der Waals surface area contributed by atoms with Crippen molar-refractivity contribution in [2.45, 2.75) is 0 Å². The predicted octanol–water partition coefficient (Wildman–Crippen LogP) is 2.13. The zero-order valence-electron chi connectivity index (χ0n) is 13.7. The number of halogens is 2. The topological polar surface area (TPSA) is 88.6 Å². The lowest BCUT2D eigenvalue weighted by Gasteiger charge is -2.16. The summed E-state index contributed by atoms with van der Waals surface area (Å²) in [6, 6.07) is 8.05. The smallest absolute Gasteiger partial charge is 0.340 e. The average Bonchev–Trinajstić information content (AvgIpc) is 2.61. The molecule has 9 heteroatoms. The minimum Gasteiger partial charge on any atom is -0.452 e. The van der Waals surface area contributed by atoms with E-state index in [0.29, 0.717) is 5.69 Å². The number of carbonyl (C=O) groups is 3. The minimum absolute atomic E-state index is 0.152. The summed E-state index contributed by atoms with van der Waals surface area (Å²) in [5.74, 6) is -2.19. The Morgan fingerprint density at radius 2 is 1.88 bits per heavy atom. The van der Waals surface area contributed by atoms with Gasteiger partial charge in [-0.1, -0.05) is 11.6 Å². The number of benzene rings is 1. The molecule has 7 nitrogen and oxygen atoms in total. The van der Waals surface area contributed by atoms with Crippen molar-refractivity contribution < 1.29 is 23.5 Å². The van der Waals surface area contributed by atoms with Gasteiger partial charge in [0.25, 0.3) is 5.91 Å². The third-order valence-corrected chi connectivity index (χ3v) is 3.45. The van der Waals surface area contributed by atoms with E-state index in [1.54, 1.807) is 0 Å². The molecule has 1 aromatic heterocycles. The molecule has 0 aliphatic heterocycles. The van der Waals surface area contributed by atoms with Crippen LogP contribution in [0.1, 0.15) is 10.4 Å². The van der Waals surface area contributed by atoms with E-state index in [-0.39, 0.29) is 17.3 Å². The van der Waals surface area contributed by atoms with E-state index in [1.807, 2.05) is 0 Å². The van der Waals surface area contributed by atoms with Crippen molar-refractivity contribution in [1.82, 2.24) is 9.88 Å². The number of ether oxygens (including phenoxy) is 1. The normalized spacial score (nSPS) is 10.1. The molecule has 0 atom stereocenters. The number of pyridine rings is 1. The summed E-state index contributed by atoms with van der Waals surface area (Å²) in [7, 11) is 1.39. The van der Waals surface area contributed by atoms with E-state index in [4.69, 9.17) is 16.3 Å². The van der Waals surface area contributed by atoms with Gasteiger partial charge in [0.2, 0.25) is 5.91 Å². The highest BCUT2D eigenvalue weighted by Gasteiger charge is 2.16. The number of nitrogens with zero attached hydrogens (tertiary/aromatic N) is 2. The first-order valence-corrected chi connectivity index (χ1v) is 7.81. The number of hydrogen-bond donors (Lipinski definition) is 1. The standard InChI is InChI=1S/C17H15ClFN3O4/c1-22(9-15(23)21-13-5-3-12(19)4-6-13)16(24)10-26-17(25)11-2-7-14(18)20-8-11/h2-8H,9-10H2,1H3,(H,21,23). The Bertz CT molecular complexity index is 797. The van der Waals surface area contributed by atoms with Gasteiger partial charge in [-0.15, -0.1) is 0 Å². The molecule has 0 unspecified atom stereocenters. The number of esters is 1. The van der Waals surface area contributed by atoms with Crippen LogP contribution in [0.15, 0.2) is 42.6 Å². The van der Waals surface area contributed by atoms with Crippen molar-refractivity contribution in [3.63, 3.8) is 0 Å². The van der Waals surface area contributed by atoms with E-state index in [1.165, 1.54) is 49.6 Å². The second-order valence-electron chi connectivity index (χ2n) is 5.25. The van der Waals surface area contributed by atoms with E-state index in [9.17, 15) is 18.8 Å². The second kappa shape index (κ2) is 8.91. The summed E-state index contributed by atoms with van der Waals surface area (Å²) >= 11 is 5.62. The van der Waals surface area contributed by atoms with Crippen LogP contribution in [-0.4, -0.2) is 47.9 Å². The fourth-order valence-electron chi connectivity index (χ4n) is 1.85. The quantitative estimate of drug-likeness (QED) is 0.613. The molecule has 0 spiro atoms. The fourth-order valence-corrected chi connectivity index (χ4v) is 1.97. The largest absolute Gasteiger partial charge is 0.452 e. The molecule has 26 heavy (non-hydrogen) atoms. The zero-order valence-corrected chi connectivity index (χ0v) is 14.5. The maximum Gasteiger partial charge on any atom is 0.340 e. The second-order valence-corrected chi connectivity index (χ2v) is 5.64. The summed E-state index contributed by atoms with van der Waals surface area (Å²) in [5.41, 5.74) is 0.554. The molecule has 1 aromatic carbocycles. The summed E-state index contributed by atoms with van der Waals surface area (Å²) in [4.78, 5) is 40.5. The SMILES string of the molecule is CN(CC(=O)Nc1ccc(F)cc1)C(=O)COC(=O)c1ccc(Cl)nc1. The van der Waals surface area contributed by atoms with Crippen molar-refractivity contribution in [3.8, 4) is 0 Å². The molecule has 2 amide bonds. The monoisotopic (exact) mass is 379 g/mol. The van der Waals surface area contributed by atoms with Crippen molar-refractivity contribution in [2.75, 3.05) is 25.5 Å². The van der Waals surface area contributed by atoms with Crippen molar-refractivity contribution in [3.05, 3.63) is 59.1 Å². The van der Waals surface area contributed by atoms with Crippen LogP contribution in [0.25, 0.3) is 0 Å². The van der Waals surface area contributed by atoms with E-state index >= 15 is 0 Å². The molecule has 0 saturated carbocycles. The van der Waals surface area contributed by atoms with Gasteiger partial charge in [-0.2, -0.15) is 0 Å². The predicted molar refractivity (Wildman–Crippen MR) is 92.2 cm³/mol. The molecule has 0 aliphatic carbocycles. The van der Waals surface area contributed by atoms with Gasteiger partial charge in [-0.3, -0.25) is 9.59 Å². The highest BCUT2D eigenvalue weighted by molar-refractivity contribution is 6.29. The summed E-state index contributed by atoms with van der Waals surface area (Å²) in [6.45, 7) is -0.780. The number of carbonyl (C=O) groups excluding carboxylic acids is 3. The molecule has 0 aliphatic rings. The Hall–Kier alpha value is -3.00. The minimum atomic E-state index is -0.730. The Labute approximate surface area is 153 Å². The van der Waals surface area contributed by atoms with Crippen LogP contribution in [-0.2, 0) is 14.3 Å². The molecule has 136 valence electrons. The summed E-state index contributed by atoms with van der Waals surface area (Å²) < 4.78 is 17.7. The van der Waals surface area contributed by atoms with Crippen molar-refractivity contribution in [2.24, 2.45) is 0 Å². The van der Waals surface area contributed by atoms with E-state index < -0.39 is 30.2 Å². The van der Waals surface area contributed by atoms with Crippen molar-refractivity contribution >= 4 is 35.1 Å². The van der Waals surface area contributed by atoms with Gasteiger partial charge in [0, 0.05) is 18.9 Å². The maximum absolute atomic E-state index is 12.8. The fraction of sp³-hybridized carbons (Fsp3) is 0.176. The first-order valence-electron chi connectivity index (χ1n) is 7.43. The molecule has 1 N–H and O–H groups in total. The van der Waals surface area contributed by atoms with E-state index in [0.717, 1.165) is 4.90 Å². The van der Waals surface area contributed by atoms with E-state index in [2.05, 4.69) is 10.3 Å². The molecule has 0 bridgehead atoms. The molecule has 2 rings (SSSR count). The number of likely N-dealkylation sites (N-methyl/N-ethyl adjacent to an activating group) is 1. The zero-order chi connectivity index (χ0) is 19.1. The Morgan fingerprint density at radius 1 is 1.19 bits per heavy atom. The van der Waals surface area contributed by atoms with Crippen LogP contribution in [0.4, 0.5) is 10.1 Å². The molecule has 0 fully saturated rings. The highest BCUT2D eigenvalue weighted by atomic mass is 35.5. The van der Waals surface area contributed by atoms with Crippen LogP contribution in [0.5, 0.6) is 0 Å². The van der Waals surface area contributed by atoms with Crippen molar-refractivity contribution in [1.29, 1.82) is 0 Å². The highest BCUT2D eigenvalue weighted by Crippen LogP contribution is 2.08. The molecule has 0 saturated heterocycles. The number of rotatable bonds is 6. The molecule has 2 aromatic rings. The van der Waals surface area contributed by atoms with Crippen LogP contribution in [0.2, 0.25) is 5.15 Å². The average molecular weight is 380 g/mol. The third kappa shape index (κ3) is 5.82. The van der Waals surface area contributed by atoms with Crippen LogP contribution in [0.3, 0.4) is 0 Å². The summed E-state index contributed by atoms with van der Waals surface area (Å²) in [6.07, 6.45) is 1.23. The van der Waals surface area contributed by atoms with Gasteiger partial charge in [-0.05, 0) is 36.4 Å². The van der Waals surface area contributed by atoms with Gasteiger partial charge in [0.05, 0.1) is 12.1 Å². The van der Waals surface area contributed by atoms with Crippen LogP contribution in [0, 0.1) is 5.82 Å². The Kier molecular flexibility index (Phi) is 6.62. The molecule has 0 radical (unpaired) electrons. The lowest BCUT2D eigenvalue weighted by Crippen LogP contribution is -2.37. The first kappa shape index (κ1) is 19.3.